The molecule has 0 spiro atoms. The number of rotatable bonds is 7. The van der Waals surface area contributed by atoms with Crippen LogP contribution in [0.3, 0.4) is 0 Å². The van der Waals surface area contributed by atoms with Crippen LogP contribution in [0.25, 0.3) is 0 Å². The van der Waals surface area contributed by atoms with Gasteiger partial charge in [0.05, 0.1) is 6.54 Å². The van der Waals surface area contributed by atoms with E-state index in [4.69, 9.17) is 0 Å². The fraction of sp³-hybridized carbons (Fsp3) is 0.200. The summed E-state index contributed by atoms with van der Waals surface area (Å²) in [5.41, 5.74) is 5.27. The highest BCUT2D eigenvalue weighted by Crippen LogP contribution is 2.19. The normalized spacial score (nSPS) is 10.4. The van der Waals surface area contributed by atoms with Crippen molar-refractivity contribution in [2.45, 2.75) is 20.4 Å². The van der Waals surface area contributed by atoms with Gasteiger partial charge in [-0.1, -0.05) is 54.6 Å². The van der Waals surface area contributed by atoms with Gasteiger partial charge in [0.1, 0.15) is 0 Å². The predicted molar refractivity (Wildman–Crippen MR) is 122 cm³/mol. The third-order valence-electron chi connectivity index (χ3n) is 4.92. The molecular weight excluding hydrogens is 374 g/mol. The molecule has 0 fully saturated rings. The first-order valence-electron chi connectivity index (χ1n) is 9.93. The molecule has 5 nitrogen and oxygen atoms in total. The minimum absolute atomic E-state index is 0.0671. The lowest BCUT2D eigenvalue weighted by atomic mass is 10.1. The first kappa shape index (κ1) is 21.1. The molecule has 3 aromatic rings. The molecule has 0 saturated carbocycles. The van der Waals surface area contributed by atoms with E-state index in [9.17, 15) is 9.59 Å². The first-order valence-corrected chi connectivity index (χ1v) is 9.93. The van der Waals surface area contributed by atoms with E-state index in [2.05, 4.69) is 10.6 Å². The van der Waals surface area contributed by atoms with Crippen molar-refractivity contribution >= 4 is 23.2 Å². The van der Waals surface area contributed by atoms with Gasteiger partial charge in [-0.3, -0.25) is 9.59 Å². The number of nitrogens with zero attached hydrogens (tertiary/aromatic N) is 1. The van der Waals surface area contributed by atoms with E-state index in [0.717, 1.165) is 28.1 Å². The number of carbonyl (C=O) groups is 2. The Morgan fingerprint density at radius 1 is 0.867 bits per heavy atom. The van der Waals surface area contributed by atoms with Gasteiger partial charge < -0.3 is 15.5 Å². The summed E-state index contributed by atoms with van der Waals surface area (Å²) in [5.74, 6) is -0.201. The molecule has 0 aromatic heterocycles. The average Bonchev–Trinajstić information content (AvgIpc) is 2.75. The summed E-state index contributed by atoms with van der Waals surface area (Å²) in [6.45, 7) is 4.59. The lowest BCUT2D eigenvalue weighted by Crippen LogP contribution is -2.26. The summed E-state index contributed by atoms with van der Waals surface area (Å²) in [6.07, 6.45) is 0. The van der Waals surface area contributed by atoms with Crippen molar-refractivity contribution in [1.82, 2.24) is 4.90 Å². The van der Waals surface area contributed by atoms with Gasteiger partial charge in [-0.2, -0.15) is 0 Å². The molecule has 0 aliphatic carbocycles. The van der Waals surface area contributed by atoms with Gasteiger partial charge in [-0.05, 0) is 48.7 Å². The van der Waals surface area contributed by atoms with E-state index >= 15 is 0 Å². The number of hydrogen-bond donors (Lipinski definition) is 2. The van der Waals surface area contributed by atoms with Crippen molar-refractivity contribution < 1.29 is 9.59 Å². The Hall–Kier alpha value is -3.60. The van der Waals surface area contributed by atoms with Gasteiger partial charge in [-0.25, -0.2) is 0 Å². The number of benzene rings is 3. The molecule has 0 radical (unpaired) electrons. The van der Waals surface area contributed by atoms with Crippen molar-refractivity contribution in [2.24, 2.45) is 0 Å². The Balaban J connectivity index is 1.59. The van der Waals surface area contributed by atoms with Gasteiger partial charge >= 0.3 is 0 Å². The molecule has 3 aromatic carbocycles. The van der Waals surface area contributed by atoms with Gasteiger partial charge in [0.25, 0.3) is 5.91 Å². The van der Waals surface area contributed by atoms with Crippen molar-refractivity contribution in [3.8, 4) is 0 Å². The maximum atomic E-state index is 12.8. The highest BCUT2D eigenvalue weighted by Gasteiger charge is 2.13. The number of aryl methyl sites for hydroxylation is 2. The zero-order valence-corrected chi connectivity index (χ0v) is 17.6. The van der Waals surface area contributed by atoms with Gasteiger partial charge in [0.15, 0.2) is 0 Å². The Labute approximate surface area is 177 Å². The standard InChI is InChI=1S/C25H27N3O2/c1-18-9-7-10-19(2)24(18)27-23(29)16-26-22-14-8-13-21(15-22)25(30)28(3)17-20-11-5-4-6-12-20/h4-15,26H,16-17H2,1-3H3,(H,27,29). The van der Waals surface area contributed by atoms with Crippen LogP contribution in [0, 0.1) is 13.8 Å². The molecule has 154 valence electrons. The lowest BCUT2D eigenvalue weighted by molar-refractivity contribution is -0.114. The second kappa shape index (κ2) is 9.74. The Bertz CT molecular complexity index is 1010. The van der Waals surface area contributed by atoms with Crippen molar-refractivity contribution in [3.63, 3.8) is 0 Å². The van der Waals surface area contributed by atoms with Crippen LogP contribution in [0.15, 0.2) is 72.8 Å². The Kier molecular flexibility index (Phi) is 6.86. The van der Waals surface area contributed by atoms with Crippen LogP contribution in [0.4, 0.5) is 11.4 Å². The van der Waals surface area contributed by atoms with Crippen LogP contribution < -0.4 is 10.6 Å². The number of carbonyl (C=O) groups excluding carboxylic acids is 2. The number of amides is 2. The summed E-state index contributed by atoms with van der Waals surface area (Å²) < 4.78 is 0. The van der Waals surface area contributed by atoms with Gasteiger partial charge in [0, 0.05) is 30.5 Å². The highest BCUT2D eigenvalue weighted by atomic mass is 16.2. The summed E-state index contributed by atoms with van der Waals surface area (Å²) in [4.78, 5) is 26.8. The van der Waals surface area contributed by atoms with Gasteiger partial charge in [-0.15, -0.1) is 0 Å². The number of para-hydroxylation sites is 1. The maximum Gasteiger partial charge on any atom is 0.253 e. The second-order valence-corrected chi connectivity index (χ2v) is 7.40. The highest BCUT2D eigenvalue weighted by molar-refractivity contribution is 5.96. The van der Waals surface area contributed by atoms with Crippen LogP contribution in [0.5, 0.6) is 0 Å². The molecule has 0 bridgehead atoms. The van der Waals surface area contributed by atoms with Crippen LogP contribution in [0.2, 0.25) is 0 Å². The summed E-state index contributed by atoms with van der Waals surface area (Å²) in [7, 11) is 1.79. The molecule has 0 atom stereocenters. The van der Waals surface area contributed by atoms with Crippen LogP contribution in [0.1, 0.15) is 27.0 Å². The lowest BCUT2D eigenvalue weighted by Gasteiger charge is -2.18. The summed E-state index contributed by atoms with van der Waals surface area (Å²) in [5, 5.41) is 6.06. The zero-order valence-electron chi connectivity index (χ0n) is 17.6. The third kappa shape index (κ3) is 5.47. The molecule has 2 N–H and O–H groups in total. The number of anilines is 2. The summed E-state index contributed by atoms with van der Waals surface area (Å²) in [6, 6.07) is 23.0. The monoisotopic (exact) mass is 401 g/mol. The molecule has 0 aliphatic heterocycles. The quantitative estimate of drug-likeness (QED) is 0.607. The number of nitrogens with one attached hydrogen (secondary N) is 2. The summed E-state index contributed by atoms with van der Waals surface area (Å²) >= 11 is 0. The molecule has 0 aliphatic rings. The van der Waals surface area contributed by atoms with E-state index < -0.39 is 0 Å². The van der Waals surface area contributed by atoms with Gasteiger partial charge in [0.2, 0.25) is 5.91 Å². The molecule has 0 unspecified atom stereocenters. The molecule has 30 heavy (non-hydrogen) atoms. The van der Waals surface area contributed by atoms with E-state index in [1.54, 1.807) is 24.1 Å². The van der Waals surface area contributed by atoms with Crippen molar-refractivity contribution in [1.29, 1.82) is 0 Å². The smallest absolute Gasteiger partial charge is 0.253 e. The first-order chi connectivity index (χ1) is 14.4. The minimum Gasteiger partial charge on any atom is -0.376 e. The van der Waals surface area contributed by atoms with Crippen LogP contribution in [-0.4, -0.2) is 30.3 Å². The molecular formula is C25H27N3O2. The van der Waals surface area contributed by atoms with E-state index in [1.807, 2.05) is 74.5 Å². The largest absolute Gasteiger partial charge is 0.376 e. The number of hydrogen-bond acceptors (Lipinski definition) is 3. The maximum absolute atomic E-state index is 12.8. The Morgan fingerprint density at radius 3 is 2.23 bits per heavy atom. The molecule has 5 heteroatoms. The van der Waals surface area contributed by atoms with Crippen molar-refractivity contribution in [3.05, 3.63) is 95.1 Å². The fourth-order valence-corrected chi connectivity index (χ4v) is 3.29. The average molecular weight is 402 g/mol. The topological polar surface area (TPSA) is 61.4 Å². The SMILES string of the molecule is Cc1cccc(C)c1NC(=O)CNc1cccc(C(=O)N(C)Cc2ccccc2)c1. The van der Waals surface area contributed by atoms with Crippen LogP contribution >= 0.6 is 0 Å². The third-order valence-corrected chi connectivity index (χ3v) is 4.92. The van der Waals surface area contributed by atoms with E-state index in [0.29, 0.717) is 12.1 Å². The molecule has 3 rings (SSSR count). The zero-order chi connectivity index (χ0) is 21.5. The van der Waals surface area contributed by atoms with Crippen molar-refractivity contribution in [2.75, 3.05) is 24.2 Å². The predicted octanol–water partition coefficient (Wildman–Crippen LogP) is 4.63. The molecule has 0 heterocycles. The van der Waals surface area contributed by atoms with E-state index in [-0.39, 0.29) is 18.4 Å². The molecule has 2 amide bonds. The van der Waals surface area contributed by atoms with Crippen LogP contribution in [-0.2, 0) is 11.3 Å². The minimum atomic E-state index is -0.134. The fourth-order valence-electron chi connectivity index (χ4n) is 3.29. The van der Waals surface area contributed by atoms with E-state index in [1.165, 1.54) is 0 Å². The molecule has 0 saturated heterocycles. The second-order valence-electron chi connectivity index (χ2n) is 7.40. The Morgan fingerprint density at radius 2 is 1.53 bits per heavy atom.